The van der Waals surface area contributed by atoms with Gasteiger partial charge in [0, 0.05) is 18.8 Å². The van der Waals surface area contributed by atoms with Gasteiger partial charge in [-0.1, -0.05) is 43.0 Å². The Morgan fingerprint density at radius 1 is 1.00 bits per heavy atom. The molecule has 4 rings (SSSR count). The second-order valence-corrected chi connectivity index (χ2v) is 12.6. The second kappa shape index (κ2) is 10.3. The van der Waals surface area contributed by atoms with Crippen LogP contribution in [-0.4, -0.2) is 42.0 Å². The fourth-order valence-electron chi connectivity index (χ4n) is 5.02. The van der Waals surface area contributed by atoms with Crippen LogP contribution in [0.5, 0.6) is 0 Å². The number of ether oxygens (including phenoxy) is 1. The van der Waals surface area contributed by atoms with E-state index in [-0.39, 0.29) is 18.2 Å². The van der Waals surface area contributed by atoms with Crippen molar-refractivity contribution >= 4 is 21.9 Å². The van der Waals surface area contributed by atoms with Crippen LogP contribution in [0, 0.1) is 6.92 Å². The van der Waals surface area contributed by atoms with Crippen LogP contribution in [0.15, 0.2) is 47.5 Å². The molecular formula is C27H37N3O4S. The van der Waals surface area contributed by atoms with Crippen LogP contribution in [0.3, 0.4) is 0 Å². The van der Waals surface area contributed by atoms with Gasteiger partial charge in [-0.25, -0.2) is 18.2 Å². The van der Waals surface area contributed by atoms with Gasteiger partial charge in [0.2, 0.25) is 10.0 Å². The molecule has 1 saturated heterocycles. The number of anilines is 1. The zero-order valence-corrected chi connectivity index (χ0v) is 22.1. The fraction of sp³-hybridized carbons (Fsp3) is 0.556. The maximum absolute atomic E-state index is 13.4. The van der Waals surface area contributed by atoms with Gasteiger partial charge in [-0.15, -0.1) is 0 Å². The largest absolute Gasteiger partial charge is 0.443 e. The van der Waals surface area contributed by atoms with Gasteiger partial charge in [0.15, 0.2) is 0 Å². The van der Waals surface area contributed by atoms with Crippen molar-refractivity contribution in [2.24, 2.45) is 0 Å². The smallest absolute Gasteiger partial charge is 0.416 e. The number of carbonyl (C=O) groups is 1. The van der Waals surface area contributed by atoms with E-state index in [9.17, 15) is 13.2 Å². The summed E-state index contributed by atoms with van der Waals surface area (Å²) in [6.07, 6.45) is 8.07. The minimum absolute atomic E-state index is 0.0573. The number of nitrogens with zero attached hydrogens (tertiary/aromatic N) is 3. The molecule has 2 aliphatic rings. The van der Waals surface area contributed by atoms with E-state index in [2.05, 4.69) is 4.98 Å². The molecule has 0 N–H and O–H groups in total. The lowest BCUT2D eigenvalue weighted by Gasteiger charge is -2.35. The zero-order chi connectivity index (χ0) is 25.2. The Bertz CT molecular complexity index is 1120. The number of rotatable bonds is 5. The van der Waals surface area contributed by atoms with Gasteiger partial charge in [0.1, 0.15) is 11.4 Å². The van der Waals surface area contributed by atoms with Crippen LogP contribution in [0.2, 0.25) is 0 Å². The number of carbonyl (C=O) groups excluding carboxylic acids is 1. The van der Waals surface area contributed by atoms with E-state index in [0.717, 1.165) is 49.7 Å². The Morgan fingerprint density at radius 2 is 1.69 bits per heavy atom. The molecule has 1 aromatic carbocycles. The highest BCUT2D eigenvalue weighted by Crippen LogP contribution is 2.37. The Labute approximate surface area is 209 Å². The third-order valence-electron chi connectivity index (χ3n) is 6.76. The van der Waals surface area contributed by atoms with Gasteiger partial charge in [0.05, 0.1) is 10.9 Å². The van der Waals surface area contributed by atoms with Crippen molar-refractivity contribution < 1.29 is 17.9 Å². The Hall–Kier alpha value is -2.45. The third-order valence-corrected chi connectivity index (χ3v) is 8.69. The van der Waals surface area contributed by atoms with Gasteiger partial charge in [0.25, 0.3) is 0 Å². The number of hydrogen-bond donors (Lipinski definition) is 0. The molecule has 1 unspecified atom stereocenters. The van der Waals surface area contributed by atoms with Gasteiger partial charge in [-0.2, -0.15) is 4.31 Å². The highest BCUT2D eigenvalue weighted by molar-refractivity contribution is 7.89. The SMILES string of the molecule is Cc1ccc(S(=O)(=O)N2CCCC2c2ccc(N(C(=O)OC(C)(C)C)C3CCCCC3)nc2)cc1. The molecule has 1 amide bonds. The molecule has 8 heteroatoms. The number of sulfonamides is 1. The van der Waals surface area contributed by atoms with Crippen LogP contribution < -0.4 is 4.90 Å². The van der Waals surface area contributed by atoms with Crippen molar-refractivity contribution in [3.8, 4) is 0 Å². The number of aromatic nitrogens is 1. The van der Waals surface area contributed by atoms with Crippen LogP contribution in [0.25, 0.3) is 0 Å². The van der Waals surface area contributed by atoms with Crippen molar-refractivity contribution in [2.45, 2.75) is 95.2 Å². The first-order chi connectivity index (χ1) is 16.6. The topological polar surface area (TPSA) is 79.8 Å². The summed E-state index contributed by atoms with van der Waals surface area (Å²) in [5, 5.41) is 0. The van der Waals surface area contributed by atoms with E-state index >= 15 is 0 Å². The third kappa shape index (κ3) is 5.86. The van der Waals surface area contributed by atoms with Crippen LogP contribution in [-0.2, 0) is 14.8 Å². The molecule has 2 heterocycles. The maximum Gasteiger partial charge on any atom is 0.416 e. The molecule has 1 aliphatic heterocycles. The minimum Gasteiger partial charge on any atom is -0.443 e. The Morgan fingerprint density at radius 3 is 2.29 bits per heavy atom. The first-order valence-corrected chi connectivity index (χ1v) is 14.1. The van der Waals surface area contributed by atoms with Crippen molar-refractivity contribution in [2.75, 3.05) is 11.4 Å². The molecule has 1 aliphatic carbocycles. The van der Waals surface area contributed by atoms with E-state index in [1.807, 2.05) is 52.0 Å². The Balaban J connectivity index is 1.59. The van der Waals surface area contributed by atoms with Crippen molar-refractivity contribution in [1.29, 1.82) is 0 Å². The predicted octanol–water partition coefficient (Wildman–Crippen LogP) is 5.99. The second-order valence-electron chi connectivity index (χ2n) is 10.7. The van der Waals surface area contributed by atoms with Crippen molar-refractivity contribution in [3.05, 3.63) is 53.7 Å². The van der Waals surface area contributed by atoms with E-state index in [1.54, 1.807) is 27.5 Å². The molecule has 0 bridgehead atoms. The summed E-state index contributed by atoms with van der Waals surface area (Å²) in [5.74, 6) is 0.556. The van der Waals surface area contributed by atoms with E-state index < -0.39 is 15.6 Å². The summed E-state index contributed by atoms with van der Waals surface area (Å²) in [7, 11) is -3.61. The van der Waals surface area contributed by atoms with Crippen LogP contribution in [0.4, 0.5) is 10.6 Å². The fourth-order valence-corrected chi connectivity index (χ4v) is 6.71. The van der Waals surface area contributed by atoms with Gasteiger partial charge in [-0.3, -0.25) is 4.90 Å². The molecule has 190 valence electrons. The van der Waals surface area contributed by atoms with E-state index in [0.29, 0.717) is 17.3 Å². The average molecular weight is 500 g/mol. The molecule has 1 atom stereocenters. The highest BCUT2D eigenvalue weighted by atomic mass is 32.2. The average Bonchev–Trinajstić information content (AvgIpc) is 3.31. The number of hydrogen-bond acceptors (Lipinski definition) is 5. The lowest BCUT2D eigenvalue weighted by molar-refractivity contribution is 0.0556. The molecule has 35 heavy (non-hydrogen) atoms. The molecule has 1 saturated carbocycles. The monoisotopic (exact) mass is 499 g/mol. The quantitative estimate of drug-likeness (QED) is 0.505. The summed E-state index contributed by atoms with van der Waals surface area (Å²) in [4.78, 5) is 19.8. The lowest BCUT2D eigenvalue weighted by atomic mass is 9.94. The summed E-state index contributed by atoms with van der Waals surface area (Å²) < 4.78 is 34.0. The number of aryl methyl sites for hydroxylation is 1. The Kier molecular flexibility index (Phi) is 7.52. The van der Waals surface area contributed by atoms with Crippen LogP contribution >= 0.6 is 0 Å². The molecule has 2 aromatic rings. The van der Waals surface area contributed by atoms with E-state index in [4.69, 9.17) is 4.74 Å². The van der Waals surface area contributed by atoms with Gasteiger partial charge in [-0.05, 0) is 77.1 Å². The summed E-state index contributed by atoms with van der Waals surface area (Å²) >= 11 is 0. The van der Waals surface area contributed by atoms with E-state index in [1.165, 1.54) is 6.42 Å². The van der Waals surface area contributed by atoms with Crippen molar-refractivity contribution in [3.63, 3.8) is 0 Å². The highest BCUT2D eigenvalue weighted by Gasteiger charge is 2.37. The number of pyridine rings is 1. The summed E-state index contributed by atoms with van der Waals surface area (Å²) in [6, 6.07) is 10.5. The molecule has 0 radical (unpaired) electrons. The molecule has 0 spiro atoms. The lowest BCUT2D eigenvalue weighted by Crippen LogP contribution is -2.45. The van der Waals surface area contributed by atoms with Crippen LogP contribution in [0.1, 0.15) is 82.9 Å². The maximum atomic E-state index is 13.4. The zero-order valence-electron chi connectivity index (χ0n) is 21.2. The van der Waals surface area contributed by atoms with Gasteiger partial charge >= 0.3 is 6.09 Å². The number of amides is 1. The minimum atomic E-state index is -3.61. The standard InChI is InChI=1S/C27H37N3O4S/c1-20-12-15-23(16-13-20)35(32,33)29-18-8-11-24(29)21-14-17-25(28-19-21)30(22-9-6-5-7-10-22)26(31)34-27(2,3)4/h12-17,19,22,24H,5-11,18H2,1-4H3. The first kappa shape index (κ1) is 25.6. The normalized spacial score (nSPS) is 20.1. The number of benzene rings is 1. The molecular weight excluding hydrogens is 462 g/mol. The first-order valence-electron chi connectivity index (χ1n) is 12.6. The molecule has 1 aromatic heterocycles. The summed E-state index contributed by atoms with van der Waals surface area (Å²) in [5.41, 5.74) is 1.27. The molecule has 7 nitrogen and oxygen atoms in total. The summed E-state index contributed by atoms with van der Waals surface area (Å²) in [6.45, 7) is 8.02. The molecule has 2 fully saturated rings. The van der Waals surface area contributed by atoms with Gasteiger partial charge < -0.3 is 4.74 Å². The van der Waals surface area contributed by atoms with Crippen molar-refractivity contribution in [1.82, 2.24) is 9.29 Å². The predicted molar refractivity (Wildman–Crippen MR) is 137 cm³/mol.